The first-order valence-corrected chi connectivity index (χ1v) is 7.22. The summed E-state index contributed by atoms with van der Waals surface area (Å²) in [6.45, 7) is 0. The minimum absolute atomic E-state index is 0.336. The van der Waals surface area contributed by atoms with Crippen LogP contribution in [0.1, 0.15) is 64.2 Å². The molecule has 0 aromatic carbocycles. The monoisotopic (exact) mass is 236 g/mol. The van der Waals surface area contributed by atoms with E-state index in [0.717, 1.165) is 18.4 Å². The molecule has 0 heterocycles. The fourth-order valence-electron chi connectivity index (χ4n) is 3.35. The molecule has 2 aliphatic carbocycles. The summed E-state index contributed by atoms with van der Waals surface area (Å²) in [6, 6.07) is 0. The van der Waals surface area contributed by atoms with Crippen molar-refractivity contribution in [2.75, 3.05) is 0 Å². The van der Waals surface area contributed by atoms with Crippen molar-refractivity contribution in [3.8, 4) is 0 Å². The van der Waals surface area contributed by atoms with Gasteiger partial charge in [-0.05, 0) is 37.5 Å². The largest absolute Gasteiger partial charge is 0.478 e. The van der Waals surface area contributed by atoms with Crippen LogP contribution in [0.15, 0.2) is 11.6 Å². The number of hydrogen-bond acceptors (Lipinski definition) is 1. The van der Waals surface area contributed by atoms with E-state index in [1.54, 1.807) is 0 Å². The van der Waals surface area contributed by atoms with Gasteiger partial charge in [0.2, 0.25) is 0 Å². The summed E-state index contributed by atoms with van der Waals surface area (Å²) in [5, 5.41) is 9.39. The molecule has 1 N–H and O–H groups in total. The molecule has 96 valence electrons. The van der Waals surface area contributed by atoms with Gasteiger partial charge in [-0.3, -0.25) is 0 Å². The molecule has 0 bridgehead atoms. The summed E-state index contributed by atoms with van der Waals surface area (Å²) in [5.74, 6) is 0.211. The van der Waals surface area contributed by atoms with Crippen molar-refractivity contribution in [1.29, 1.82) is 0 Å². The zero-order valence-electron chi connectivity index (χ0n) is 10.7. The number of carboxylic acids is 1. The van der Waals surface area contributed by atoms with Gasteiger partial charge in [-0.25, -0.2) is 4.79 Å². The number of allylic oxidation sites excluding steroid dienone is 1. The van der Waals surface area contributed by atoms with E-state index in [1.807, 2.05) is 0 Å². The lowest BCUT2D eigenvalue weighted by molar-refractivity contribution is -0.133. The van der Waals surface area contributed by atoms with E-state index in [0.29, 0.717) is 11.8 Å². The lowest BCUT2D eigenvalue weighted by Gasteiger charge is -2.25. The highest BCUT2D eigenvalue weighted by Crippen LogP contribution is 2.33. The predicted octanol–water partition coefficient (Wildman–Crippen LogP) is 4.16. The van der Waals surface area contributed by atoms with Gasteiger partial charge in [0, 0.05) is 5.57 Å². The number of hydrogen-bond donors (Lipinski definition) is 1. The van der Waals surface area contributed by atoms with Crippen LogP contribution < -0.4 is 0 Å². The quantitative estimate of drug-likeness (QED) is 0.747. The van der Waals surface area contributed by atoms with Gasteiger partial charge < -0.3 is 5.11 Å². The molecule has 0 saturated heterocycles. The van der Waals surface area contributed by atoms with Crippen LogP contribution in [-0.2, 0) is 4.79 Å². The molecule has 2 saturated carbocycles. The third-order valence-corrected chi connectivity index (χ3v) is 4.36. The maximum Gasteiger partial charge on any atom is 0.331 e. The summed E-state index contributed by atoms with van der Waals surface area (Å²) in [4.78, 5) is 11.4. The third kappa shape index (κ3) is 3.58. The van der Waals surface area contributed by atoms with Crippen molar-refractivity contribution >= 4 is 5.97 Å². The fraction of sp³-hybridized carbons (Fsp3) is 0.800. The Balaban J connectivity index is 2.04. The summed E-state index contributed by atoms with van der Waals surface area (Å²) in [5.41, 5.74) is 0.733. The van der Waals surface area contributed by atoms with Crippen LogP contribution in [0.25, 0.3) is 0 Å². The van der Waals surface area contributed by atoms with Crippen LogP contribution >= 0.6 is 0 Å². The van der Waals surface area contributed by atoms with Crippen LogP contribution in [-0.4, -0.2) is 11.1 Å². The van der Waals surface area contributed by atoms with Gasteiger partial charge >= 0.3 is 5.97 Å². The maximum absolute atomic E-state index is 11.4. The van der Waals surface area contributed by atoms with E-state index in [-0.39, 0.29) is 0 Å². The van der Waals surface area contributed by atoms with Crippen molar-refractivity contribution < 1.29 is 9.90 Å². The molecule has 0 unspecified atom stereocenters. The molecule has 2 fully saturated rings. The standard InChI is InChI=1S/C15H24O2/c16-15(17)14(13-9-5-2-6-10-13)11-12-7-3-1-4-8-12/h11-13H,1-10H2,(H,16,17)/b14-11-. The molecular formula is C15H24O2. The van der Waals surface area contributed by atoms with Crippen molar-refractivity contribution in [2.24, 2.45) is 11.8 Å². The summed E-state index contributed by atoms with van der Waals surface area (Å²) >= 11 is 0. The molecule has 2 nitrogen and oxygen atoms in total. The highest BCUT2D eigenvalue weighted by Gasteiger charge is 2.24. The Hall–Kier alpha value is -0.790. The Morgan fingerprint density at radius 2 is 1.41 bits per heavy atom. The molecular weight excluding hydrogens is 212 g/mol. The molecule has 0 aromatic rings. The second-order valence-corrected chi connectivity index (χ2v) is 5.66. The Morgan fingerprint density at radius 1 is 0.882 bits per heavy atom. The zero-order valence-corrected chi connectivity index (χ0v) is 10.7. The normalized spacial score (nSPS) is 24.8. The van der Waals surface area contributed by atoms with E-state index in [2.05, 4.69) is 6.08 Å². The van der Waals surface area contributed by atoms with Crippen LogP contribution in [0.3, 0.4) is 0 Å². The van der Waals surface area contributed by atoms with Crippen LogP contribution in [0.2, 0.25) is 0 Å². The topological polar surface area (TPSA) is 37.3 Å². The third-order valence-electron chi connectivity index (χ3n) is 4.36. The van der Waals surface area contributed by atoms with Gasteiger partial charge in [-0.1, -0.05) is 44.6 Å². The Morgan fingerprint density at radius 3 is 1.94 bits per heavy atom. The molecule has 0 aliphatic heterocycles. The van der Waals surface area contributed by atoms with Gasteiger partial charge in [0.25, 0.3) is 0 Å². The van der Waals surface area contributed by atoms with Crippen LogP contribution in [0.5, 0.6) is 0 Å². The minimum Gasteiger partial charge on any atom is -0.478 e. The maximum atomic E-state index is 11.4. The Bertz CT molecular complexity index is 281. The second-order valence-electron chi connectivity index (χ2n) is 5.66. The number of carboxylic acid groups (broad SMARTS) is 1. The second kappa shape index (κ2) is 6.23. The van der Waals surface area contributed by atoms with Crippen LogP contribution in [0, 0.1) is 11.8 Å². The first-order chi connectivity index (χ1) is 8.27. The highest BCUT2D eigenvalue weighted by atomic mass is 16.4. The lowest BCUT2D eigenvalue weighted by Crippen LogP contribution is -2.18. The molecule has 2 aliphatic rings. The van der Waals surface area contributed by atoms with Gasteiger partial charge in [0.1, 0.15) is 0 Å². The number of aliphatic carboxylic acids is 1. The van der Waals surface area contributed by atoms with Crippen LogP contribution in [0.4, 0.5) is 0 Å². The van der Waals surface area contributed by atoms with E-state index in [4.69, 9.17) is 0 Å². The van der Waals surface area contributed by atoms with E-state index in [9.17, 15) is 9.90 Å². The number of rotatable bonds is 3. The van der Waals surface area contributed by atoms with Crippen molar-refractivity contribution in [1.82, 2.24) is 0 Å². The molecule has 17 heavy (non-hydrogen) atoms. The zero-order chi connectivity index (χ0) is 12.1. The molecule has 0 atom stereocenters. The van der Waals surface area contributed by atoms with E-state index < -0.39 is 5.97 Å². The Kier molecular flexibility index (Phi) is 4.64. The Labute approximate surface area is 104 Å². The van der Waals surface area contributed by atoms with Crippen molar-refractivity contribution in [3.05, 3.63) is 11.6 Å². The van der Waals surface area contributed by atoms with Gasteiger partial charge in [-0.15, -0.1) is 0 Å². The highest BCUT2D eigenvalue weighted by molar-refractivity contribution is 5.87. The number of carbonyl (C=O) groups is 1. The lowest BCUT2D eigenvalue weighted by atomic mass is 9.80. The van der Waals surface area contributed by atoms with E-state index >= 15 is 0 Å². The van der Waals surface area contributed by atoms with Gasteiger partial charge in [0.15, 0.2) is 0 Å². The first kappa shape index (κ1) is 12.7. The average Bonchev–Trinajstić information content (AvgIpc) is 2.38. The molecule has 0 amide bonds. The van der Waals surface area contributed by atoms with Crippen molar-refractivity contribution in [3.63, 3.8) is 0 Å². The average molecular weight is 236 g/mol. The SMILES string of the molecule is O=C(O)/C(=C\C1CCCCC1)C1CCCCC1. The molecule has 0 aromatic heterocycles. The molecule has 0 radical (unpaired) electrons. The van der Waals surface area contributed by atoms with Gasteiger partial charge in [-0.2, -0.15) is 0 Å². The van der Waals surface area contributed by atoms with Gasteiger partial charge in [0.05, 0.1) is 0 Å². The van der Waals surface area contributed by atoms with E-state index in [1.165, 1.54) is 51.4 Å². The first-order valence-electron chi connectivity index (χ1n) is 7.22. The molecule has 0 spiro atoms. The smallest absolute Gasteiger partial charge is 0.331 e. The summed E-state index contributed by atoms with van der Waals surface area (Å²) < 4.78 is 0. The summed E-state index contributed by atoms with van der Waals surface area (Å²) in [6.07, 6.45) is 14.3. The summed E-state index contributed by atoms with van der Waals surface area (Å²) in [7, 11) is 0. The molecule has 2 rings (SSSR count). The fourth-order valence-corrected chi connectivity index (χ4v) is 3.35. The van der Waals surface area contributed by atoms with Crippen molar-refractivity contribution in [2.45, 2.75) is 64.2 Å². The predicted molar refractivity (Wildman–Crippen MR) is 68.9 cm³/mol. The minimum atomic E-state index is -0.664. The molecule has 2 heteroatoms.